The van der Waals surface area contributed by atoms with Crippen molar-refractivity contribution in [2.45, 2.75) is 4.90 Å². The molecule has 8 nitrogen and oxygen atoms in total. The van der Waals surface area contributed by atoms with E-state index >= 15 is 0 Å². The summed E-state index contributed by atoms with van der Waals surface area (Å²) in [5, 5.41) is 10.2. The van der Waals surface area contributed by atoms with E-state index in [1.54, 1.807) is 24.3 Å². The zero-order chi connectivity index (χ0) is 18.9. The Morgan fingerprint density at radius 2 is 1.96 bits per heavy atom. The van der Waals surface area contributed by atoms with Crippen LogP contribution in [0.4, 0.5) is 0 Å². The smallest absolute Gasteiger partial charge is 0.507 e. The summed E-state index contributed by atoms with van der Waals surface area (Å²) in [4.78, 5) is 15.6. The van der Waals surface area contributed by atoms with Gasteiger partial charge in [-0.05, 0) is 30.3 Å². The standard InChI is InChI=1S/C17H13NO7S.Na/c1-24-11-4-2-3-10(7-11)15(19)9-14-17(20)25-16-6-5-12(26(21,22)23)8-13(16)18-14;/h2-9,19H,1H3,(H,21,22,23);/q;+1/b15-9-;. The van der Waals surface area contributed by atoms with Crippen molar-refractivity contribution in [3.05, 3.63) is 64.1 Å². The number of rotatable bonds is 4. The number of hydrogen-bond donors (Lipinski definition) is 2. The van der Waals surface area contributed by atoms with Gasteiger partial charge in [0.05, 0.1) is 12.0 Å². The third-order valence-corrected chi connectivity index (χ3v) is 4.37. The van der Waals surface area contributed by atoms with Crippen LogP contribution in [0, 0.1) is 0 Å². The Labute approximate surface area is 176 Å². The van der Waals surface area contributed by atoms with Gasteiger partial charge in [0.25, 0.3) is 10.1 Å². The quantitative estimate of drug-likeness (QED) is 0.342. The summed E-state index contributed by atoms with van der Waals surface area (Å²) in [5.74, 6) is 0.257. The molecule has 27 heavy (non-hydrogen) atoms. The van der Waals surface area contributed by atoms with Gasteiger partial charge in [0.1, 0.15) is 17.0 Å². The molecule has 2 N–H and O–H groups in total. The Kier molecular flexibility index (Phi) is 6.45. The minimum atomic E-state index is -4.43. The summed E-state index contributed by atoms with van der Waals surface area (Å²) < 4.78 is 41.7. The van der Waals surface area contributed by atoms with Gasteiger partial charge in [-0.1, -0.05) is 12.1 Å². The number of hydrogen-bond acceptors (Lipinski definition) is 7. The Hall–Kier alpha value is -2.17. The van der Waals surface area contributed by atoms with E-state index in [1.165, 1.54) is 13.2 Å². The molecule has 134 valence electrons. The molecule has 0 aliphatic heterocycles. The van der Waals surface area contributed by atoms with Crippen molar-refractivity contribution >= 4 is 33.1 Å². The van der Waals surface area contributed by atoms with Crippen molar-refractivity contribution in [3.63, 3.8) is 0 Å². The average molecular weight is 398 g/mol. The SMILES string of the molecule is COc1cccc(/C(O)=C/c2nc3cc(S(=O)(=O)O)ccc3oc2=O)c1.[Na+]. The number of methoxy groups -OCH3 is 1. The summed E-state index contributed by atoms with van der Waals surface area (Å²) in [5.41, 5.74) is -0.584. The molecule has 0 aliphatic rings. The average Bonchev–Trinajstić information content (AvgIpc) is 2.61. The van der Waals surface area contributed by atoms with Crippen LogP contribution in [-0.2, 0) is 10.1 Å². The maximum absolute atomic E-state index is 12.0. The van der Waals surface area contributed by atoms with Gasteiger partial charge in [-0.15, -0.1) is 0 Å². The largest absolute Gasteiger partial charge is 1.00 e. The maximum atomic E-state index is 12.0. The molecule has 1 heterocycles. The van der Waals surface area contributed by atoms with Crippen LogP contribution in [0.5, 0.6) is 5.75 Å². The maximum Gasteiger partial charge on any atom is 1.00 e. The zero-order valence-corrected chi connectivity index (χ0v) is 17.2. The molecule has 0 saturated heterocycles. The van der Waals surface area contributed by atoms with Gasteiger partial charge >= 0.3 is 35.2 Å². The second-order valence-electron chi connectivity index (χ2n) is 5.25. The minimum Gasteiger partial charge on any atom is -0.507 e. The summed E-state index contributed by atoms with van der Waals surface area (Å²) in [6.45, 7) is 0. The molecule has 0 radical (unpaired) electrons. The van der Waals surface area contributed by atoms with Crippen molar-refractivity contribution in [1.29, 1.82) is 0 Å². The molecule has 3 rings (SSSR count). The number of aliphatic hydroxyl groups excluding tert-OH is 1. The van der Waals surface area contributed by atoms with E-state index in [9.17, 15) is 18.3 Å². The fourth-order valence-corrected chi connectivity index (χ4v) is 2.75. The summed E-state index contributed by atoms with van der Waals surface area (Å²) in [6.07, 6.45) is 1.10. The molecule has 0 amide bonds. The van der Waals surface area contributed by atoms with Crippen molar-refractivity contribution < 1.29 is 56.8 Å². The second kappa shape index (κ2) is 8.24. The topological polar surface area (TPSA) is 127 Å². The fourth-order valence-electron chi connectivity index (χ4n) is 2.25. The van der Waals surface area contributed by atoms with Gasteiger partial charge in [0.2, 0.25) is 0 Å². The van der Waals surface area contributed by atoms with Crippen LogP contribution in [0.25, 0.3) is 22.9 Å². The molecule has 0 aliphatic carbocycles. The van der Waals surface area contributed by atoms with Crippen LogP contribution in [0.15, 0.2) is 56.6 Å². The van der Waals surface area contributed by atoms with Crippen LogP contribution >= 0.6 is 0 Å². The summed E-state index contributed by atoms with van der Waals surface area (Å²) in [7, 11) is -2.95. The van der Waals surface area contributed by atoms with E-state index in [1.807, 2.05) is 0 Å². The van der Waals surface area contributed by atoms with Gasteiger partial charge < -0.3 is 14.3 Å². The first-order valence-corrected chi connectivity index (χ1v) is 8.69. The first kappa shape index (κ1) is 21.1. The van der Waals surface area contributed by atoms with Gasteiger partial charge in [0, 0.05) is 11.6 Å². The molecule has 0 atom stereocenters. The second-order valence-corrected chi connectivity index (χ2v) is 6.67. The monoisotopic (exact) mass is 398 g/mol. The summed E-state index contributed by atoms with van der Waals surface area (Å²) >= 11 is 0. The summed E-state index contributed by atoms with van der Waals surface area (Å²) in [6, 6.07) is 9.88. The Morgan fingerprint density at radius 1 is 1.22 bits per heavy atom. The molecule has 2 aromatic carbocycles. The predicted octanol–water partition coefficient (Wildman–Crippen LogP) is -0.497. The molecule has 1 aromatic heterocycles. The van der Waals surface area contributed by atoms with Crippen molar-refractivity contribution in [2.24, 2.45) is 0 Å². The van der Waals surface area contributed by atoms with Crippen LogP contribution in [0.3, 0.4) is 0 Å². The molecule has 3 aromatic rings. The van der Waals surface area contributed by atoms with E-state index in [0.29, 0.717) is 11.3 Å². The molecule has 0 fully saturated rings. The zero-order valence-electron chi connectivity index (χ0n) is 14.4. The number of nitrogens with zero attached hydrogens (tertiary/aromatic N) is 1. The molecule has 0 bridgehead atoms. The Morgan fingerprint density at radius 3 is 2.63 bits per heavy atom. The van der Waals surface area contributed by atoms with Gasteiger partial charge in [-0.2, -0.15) is 8.42 Å². The first-order chi connectivity index (χ1) is 12.3. The molecule has 10 heteroatoms. The van der Waals surface area contributed by atoms with Gasteiger partial charge in [-0.3, -0.25) is 4.55 Å². The molecular weight excluding hydrogens is 385 g/mol. The minimum absolute atomic E-state index is 0. The number of aromatic nitrogens is 1. The number of aliphatic hydroxyl groups is 1. The van der Waals surface area contributed by atoms with E-state index in [4.69, 9.17) is 13.7 Å². The molecule has 0 saturated carbocycles. The van der Waals surface area contributed by atoms with Crippen molar-refractivity contribution in [2.75, 3.05) is 7.11 Å². The number of ether oxygens (including phenoxy) is 1. The van der Waals surface area contributed by atoms with E-state index in [2.05, 4.69) is 4.98 Å². The van der Waals surface area contributed by atoms with Crippen LogP contribution in [-0.4, -0.2) is 30.2 Å². The van der Waals surface area contributed by atoms with Crippen LogP contribution < -0.4 is 39.9 Å². The molecule has 0 unspecified atom stereocenters. The molecular formula is C17H13NNaO7S+. The third-order valence-electron chi connectivity index (χ3n) is 3.52. The molecule has 0 spiro atoms. The van der Waals surface area contributed by atoms with Crippen LogP contribution in [0.1, 0.15) is 11.3 Å². The van der Waals surface area contributed by atoms with E-state index < -0.39 is 20.6 Å². The third kappa shape index (κ3) is 4.76. The fraction of sp³-hybridized carbons (Fsp3) is 0.0588. The predicted molar refractivity (Wildman–Crippen MR) is 93.6 cm³/mol. The Balaban J connectivity index is 0.00000261. The van der Waals surface area contributed by atoms with Crippen molar-refractivity contribution in [1.82, 2.24) is 4.98 Å². The van der Waals surface area contributed by atoms with E-state index in [0.717, 1.165) is 18.2 Å². The normalized spacial score (nSPS) is 11.9. The van der Waals surface area contributed by atoms with E-state index in [-0.39, 0.29) is 52.1 Å². The first-order valence-electron chi connectivity index (χ1n) is 7.25. The number of benzene rings is 2. The Bertz CT molecular complexity index is 1190. The van der Waals surface area contributed by atoms with Gasteiger partial charge in [0.15, 0.2) is 11.3 Å². The van der Waals surface area contributed by atoms with Crippen LogP contribution in [0.2, 0.25) is 0 Å². The van der Waals surface area contributed by atoms with Crippen molar-refractivity contribution in [3.8, 4) is 5.75 Å². The van der Waals surface area contributed by atoms with Gasteiger partial charge in [-0.25, -0.2) is 9.78 Å². The number of fused-ring (bicyclic) bond motifs is 1.